The molecule has 1 aromatic rings. The van der Waals surface area contributed by atoms with Gasteiger partial charge < -0.3 is 10.2 Å². The van der Waals surface area contributed by atoms with Crippen LogP contribution in [0.5, 0.6) is 0 Å². The minimum absolute atomic E-state index is 0.0112. The zero-order valence-electron chi connectivity index (χ0n) is 10.1. The maximum absolute atomic E-state index is 12.2. The predicted molar refractivity (Wildman–Crippen MR) is 69.0 cm³/mol. The average Bonchev–Trinajstić information content (AvgIpc) is 2.88. The van der Waals surface area contributed by atoms with Crippen LogP contribution in [0.4, 0.5) is 5.00 Å². The second kappa shape index (κ2) is 5.45. The number of carbonyl (C=O) groups is 1. The number of hydrogen-bond acceptors (Lipinski definition) is 5. The third kappa shape index (κ3) is 2.68. The van der Waals surface area contributed by atoms with Crippen LogP contribution in [0.3, 0.4) is 0 Å². The highest BCUT2D eigenvalue weighted by Crippen LogP contribution is 2.26. The van der Waals surface area contributed by atoms with Crippen molar-refractivity contribution in [2.75, 3.05) is 20.1 Å². The minimum atomic E-state index is -0.466. The van der Waals surface area contributed by atoms with Gasteiger partial charge in [0.05, 0.1) is 9.80 Å². The molecule has 0 spiro atoms. The Kier molecular flexibility index (Phi) is 3.93. The van der Waals surface area contributed by atoms with Crippen molar-refractivity contribution in [2.45, 2.75) is 18.9 Å². The first-order valence-corrected chi connectivity index (χ1v) is 6.63. The normalized spacial score (nSPS) is 16.5. The number of thiophene rings is 1. The van der Waals surface area contributed by atoms with Crippen molar-refractivity contribution in [3.8, 4) is 0 Å². The standard InChI is InChI=1S/C11H15N3O3S/c1-13(8-4-6-12-7-5-8)11(15)9-2-3-10(18-9)14(16)17/h2-3,8,12H,4-7H2,1H3. The average molecular weight is 269 g/mol. The lowest BCUT2D eigenvalue weighted by atomic mass is 10.1. The van der Waals surface area contributed by atoms with Crippen LogP contribution in [0.15, 0.2) is 12.1 Å². The number of nitrogens with one attached hydrogen (secondary N) is 1. The topological polar surface area (TPSA) is 75.5 Å². The van der Waals surface area contributed by atoms with E-state index < -0.39 is 4.92 Å². The van der Waals surface area contributed by atoms with Crippen LogP contribution in [0, 0.1) is 10.1 Å². The molecule has 1 amide bonds. The Morgan fingerprint density at radius 2 is 2.17 bits per heavy atom. The van der Waals surface area contributed by atoms with Gasteiger partial charge in [0.15, 0.2) is 0 Å². The molecule has 1 aliphatic rings. The zero-order valence-corrected chi connectivity index (χ0v) is 10.9. The van der Waals surface area contributed by atoms with Crippen molar-refractivity contribution < 1.29 is 9.72 Å². The monoisotopic (exact) mass is 269 g/mol. The fourth-order valence-corrected chi connectivity index (χ4v) is 2.88. The van der Waals surface area contributed by atoms with Gasteiger partial charge in [0.1, 0.15) is 0 Å². The van der Waals surface area contributed by atoms with E-state index in [1.54, 1.807) is 11.9 Å². The highest BCUT2D eigenvalue weighted by molar-refractivity contribution is 7.17. The molecule has 0 radical (unpaired) electrons. The second-order valence-electron chi connectivity index (χ2n) is 4.29. The first-order chi connectivity index (χ1) is 8.59. The van der Waals surface area contributed by atoms with Gasteiger partial charge in [0.25, 0.3) is 5.91 Å². The molecule has 2 rings (SSSR count). The molecule has 0 atom stereocenters. The van der Waals surface area contributed by atoms with Gasteiger partial charge in [-0.05, 0) is 32.0 Å². The summed E-state index contributed by atoms with van der Waals surface area (Å²) >= 11 is 0.936. The summed E-state index contributed by atoms with van der Waals surface area (Å²) in [4.78, 5) is 24.4. The Bertz CT molecular complexity index is 454. The second-order valence-corrected chi connectivity index (χ2v) is 5.35. The van der Waals surface area contributed by atoms with Crippen molar-refractivity contribution in [1.29, 1.82) is 0 Å². The number of carbonyl (C=O) groups excluding carboxylic acids is 1. The largest absolute Gasteiger partial charge is 0.338 e. The summed E-state index contributed by atoms with van der Waals surface area (Å²) in [5.41, 5.74) is 0. The fourth-order valence-electron chi connectivity index (χ4n) is 2.07. The summed E-state index contributed by atoms with van der Waals surface area (Å²) in [5.74, 6) is -0.125. The SMILES string of the molecule is CN(C(=O)c1ccc([N+](=O)[O-])s1)C1CCNCC1. The van der Waals surface area contributed by atoms with Gasteiger partial charge in [0, 0.05) is 19.2 Å². The Morgan fingerprint density at radius 1 is 1.50 bits per heavy atom. The van der Waals surface area contributed by atoms with Gasteiger partial charge in [-0.3, -0.25) is 14.9 Å². The van der Waals surface area contributed by atoms with E-state index in [0.29, 0.717) is 4.88 Å². The van der Waals surface area contributed by atoms with Crippen LogP contribution >= 0.6 is 11.3 Å². The van der Waals surface area contributed by atoms with Crippen molar-refractivity contribution in [2.24, 2.45) is 0 Å². The van der Waals surface area contributed by atoms with Gasteiger partial charge in [-0.1, -0.05) is 11.3 Å². The van der Waals surface area contributed by atoms with E-state index in [0.717, 1.165) is 37.3 Å². The van der Waals surface area contributed by atoms with E-state index >= 15 is 0 Å². The van der Waals surface area contributed by atoms with Crippen LogP contribution in [-0.4, -0.2) is 41.9 Å². The molecule has 1 aromatic heterocycles. The maximum Gasteiger partial charge on any atom is 0.324 e. The van der Waals surface area contributed by atoms with Gasteiger partial charge in [0.2, 0.25) is 0 Å². The van der Waals surface area contributed by atoms with E-state index in [1.165, 1.54) is 12.1 Å². The van der Waals surface area contributed by atoms with E-state index in [1.807, 2.05) is 0 Å². The summed E-state index contributed by atoms with van der Waals surface area (Å²) < 4.78 is 0. The van der Waals surface area contributed by atoms with Gasteiger partial charge in [-0.2, -0.15) is 0 Å². The first-order valence-electron chi connectivity index (χ1n) is 5.81. The number of piperidine rings is 1. The molecule has 0 saturated carbocycles. The van der Waals surface area contributed by atoms with Crippen molar-refractivity contribution in [3.63, 3.8) is 0 Å². The van der Waals surface area contributed by atoms with Crippen molar-refractivity contribution in [3.05, 3.63) is 27.1 Å². The smallest absolute Gasteiger partial charge is 0.324 e. The van der Waals surface area contributed by atoms with Crippen LogP contribution in [0.2, 0.25) is 0 Å². The van der Waals surface area contributed by atoms with Crippen LogP contribution < -0.4 is 5.32 Å². The molecule has 6 nitrogen and oxygen atoms in total. The summed E-state index contributed by atoms with van der Waals surface area (Å²) in [6.45, 7) is 1.82. The number of amides is 1. The summed E-state index contributed by atoms with van der Waals surface area (Å²) in [6.07, 6.45) is 1.85. The van der Waals surface area contributed by atoms with E-state index in [-0.39, 0.29) is 17.0 Å². The molecule has 18 heavy (non-hydrogen) atoms. The van der Waals surface area contributed by atoms with E-state index in [4.69, 9.17) is 0 Å². The minimum Gasteiger partial charge on any atom is -0.338 e. The molecule has 2 heterocycles. The molecular formula is C11H15N3O3S. The molecule has 1 fully saturated rings. The lowest BCUT2D eigenvalue weighted by molar-refractivity contribution is -0.380. The zero-order chi connectivity index (χ0) is 13.1. The Labute approximate surface area is 109 Å². The van der Waals surface area contributed by atoms with E-state index in [9.17, 15) is 14.9 Å². The highest BCUT2D eigenvalue weighted by atomic mass is 32.1. The van der Waals surface area contributed by atoms with Crippen molar-refractivity contribution in [1.82, 2.24) is 10.2 Å². The number of nitrogens with zero attached hydrogens (tertiary/aromatic N) is 2. The van der Waals surface area contributed by atoms with E-state index in [2.05, 4.69) is 5.32 Å². The molecule has 0 unspecified atom stereocenters. The number of nitro groups is 1. The quantitative estimate of drug-likeness (QED) is 0.666. The van der Waals surface area contributed by atoms with Crippen LogP contribution in [0.1, 0.15) is 22.5 Å². The molecule has 1 saturated heterocycles. The molecule has 98 valence electrons. The number of rotatable bonds is 3. The molecular weight excluding hydrogens is 254 g/mol. The highest BCUT2D eigenvalue weighted by Gasteiger charge is 2.25. The Balaban J connectivity index is 2.07. The summed E-state index contributed by atoms with van der Waals surface area (Å²) in [6, 6.07) is 3.14. The molecule has 0 aromatic carbocycles. The summed E-state index contributed by atoms with van der Waals surface area (Å²) in [5, 5.41) is 13.8. The van der Waals surface area contributed by atoms with Gasteiger partial charge in [-0.15, -0.1) is 0 Å². The fraction of sp³-hybridized carbons (Fsp3) is 0.545. The molecule has 1 aliphatic heterocycles. The summed E-state index contributed by atoms with van der Waals surface area (Å²) in [7, 11) is 1.77. The van der Waals surface area contributed by atoms with Gasteiger partial charge >= 0.3 is 5.00 Å². The molecule has 0 aliphatic carbocycles. The maximum atomic E-state index is 12.2. The third-order valence-corrected chi connectivity index (χ3v) is 4.18. The van der Waals surface area contributed by atoms with Crippen LogP contribution in [-0.2, 0) is 0 Å². The van der Waals surface area contributed by atoms with Gasteiger partial charge in [-0.25, -0.2) is 0 Å². The first kappa shape index (κ1) is 13.0. The lowest BCUT2D eigenvalue weighted by Crippen LogP contribution is -2.43. The third-order valence-electron chi connectivity index (χ3n) is 3.16. The Hall–Kier alpha value is -1.47. The molecule has 0 bridgehead atoms. The predicted octanol–water partition coefficient (Wildman–Crippen LogP) is 1.48. The Morgan fingerprint density at radius 3 is 2.72 bits per heavy atom. The molecule has 1 N–H and O–H groups in total. The van der Waals surface area contributed by atoms with Crippen molar-refractivity contribution >= 4 is 22.2 Å². The lowest BCUT2D eigenvalue weighted by Gasteiger charge is -2.31. The van der Waals surface area contributed by atoms with Crippen LogP contribution in [0.25, 0.3) is 0 Å². The molecule has 7 heteroatoms. The number of hydrogen-bond donors (Lipinski definition) is 1.